The Bertz CT molecular complexity index is 1330. The number of H-pyrrole nitrogens is 1. The summed E-state index contributed by atoms with van der Waals surface area (Å²) in [7, 11) is 0. The van der Waals surface area contributed by atoms with Crippen LogP contribution in [0.5, 0.6) is 11.6 Å². The molecule has 0 atom stereocenters. The molecule has 152 valence electrons. The van der Waals surface area contributed by atoms with E-state index in [-0.39, 0.29) is 24.6 Å². The molecule has 4 aromatic rings. The molecule has 7 nitrogen and oxygen atoms in total. The minimum atomic E-state index is -0.514. The maximum Gasteiger partial charge on any atom is 0.336 e. The van der Waals surface area contributed by atoms with Gasteiger partial charge in [0.25, 0.3) is 0 Å². The summed E-state index contributed by atoms with van der Waals surface area (Å²) in [5, 5.41) is 1.54. The van der Waals surface area contributed by atoms with Crippen molar-refractivity contribution in [3.63, 3.8) is 0 Å². The lowest BCUT2D eigenvalue weighted by atomic mass is 10.0. The van der Waals surface area contributed by atoms with Gasteiger partial charge >= 0.3 is 17.6 Å². The SMILES string of the molecule is CCC(=O)Oc1[nH]c2ccccc2c1Cc1c(OC(C)=O)ccc2ccc(=O)oc12. The van der Waals surface area contributed by atoms with Crippen LogP contribution in [0.4, 0.5) is 0 Å². The number of carbonyl (C=O) groups excluding carboxylic acids is 2. The van der Waals surface area contributed by atoms with Crippen molar-refractivity contribution in [3.05, 3.63) is 70.1 Å². The molecule has 30 heavy (non-hydrogen) atoms. The maximum atomic E-state index is 12.0. The fourth-order valence-electron chi connectivity index (χ4n) is 3.39. The summed E-state index contributed by atoms with van der Waals surface area (Å²) in [5.41, 5.74) is 1.81. The fraction of sp³-hybridized carbons (Fsp3) is 0.174. The molecule has 1 N–H and O–H groups in total. The van der Waals surface area contributed by atoms with Crippen molar-refractivity contribution in [2.45, 2.75) is 26.7 Å². The number of para-hydroxylation sites is 1. The third-order valence-corrected chi connectivity index (χ3v) is 4.74. The van der Waals surface area contributed by atoms with Crippen LogP contribution in [-0.4, -0.2) is 16.9 Å². The highest BCUT2D eigenvalue weighted by Gasteiger charge is 2.21. The second-order valence-corrected chi connectivity index (χ2v) is 6.79. The number of esters is 2. The zero-order chi connectivity index (χ0) is 21.3. The van der Waals surface area contributed by atoms with Gasteiger partial charge in [0, 0.05) is 53.2 Å². The highest BCUT2D eigenvalue weighted by Crippen LogP contribution is 2.36. The number of aromatic amines is 1. The summed E-state index contributed by atoms with van der Waals surface area (Å²) in [5.74, 6) is -0.285. The van der Waals surface area contributed by atoms with Gasteiger partial charge in [0.2, 0.25) is 5.88 Å². The van der Waals surface area contributed by atoms with Gasteiger partial charge in [0.15, 0.2) is 0 Å². The van der Waals surface area contributed by atoms with Crippen molar-refractivity contribution in [2.24, 2.45) is 0 Å². The minimum absolute atomic E-state index is 0.212. The molecule has 0 aliphatic rings. The molecular formula is C23H19NO6. The normalized spacial score (nSPS) is 11.0. The smallest absolute Gasteiger partial charge is 0.336 e. The number of fused-ring (bicyclic) bond motifs is 2. The summed E-state index contributed by atoms with van der Waals surface area (Å²) in [6, 6.07) is 13.9. The van der Waals surface area contributed by atoms with Crippen LogP contribution >= 0.6 is 0 Å². The molecule has 2 aromatic carbocycles. The Labute approximate surface area is 171 Å². The van der Waals surface area contributed by atoms with Gasteiger partial charge in [0.05, 0.1) is 0 Å². The van der Waals surface area contributed by atoms with Crippen LogP contribution in [0, 0.1) is 0 Å². The van der Waals surface area contributed by atoms with E-state index in [2.05, 4.69) is 4.98 Å². The quantitative estimate of drug-likeness (QED) is 0.305. The highest BCUT2D eigenvalue weighted by molar-refractivity contribution is 5.90. The Morgan fingerprint density at radius 3 is 2.53 bits per heavy atom. The number of hydrogen-bond acceptors (Lipinski definition) is 6. The van der Waals surface area contributed by atoms with E-state index in [1.54, 1.807) is 25.1 Å². The van der Waals surface area contributed by atoms with Crippen LogP contribution in [0.15, 0.2) is 57.7 Å². The summed E-state index contributed by atoms with van der Waals surface area (Å²) >= 11 is 0. The summed E-state index contributed by atoms with van der Waals surface area (Å²) < 4.78 is 16.3. The van der Waals surface area contributed by atoms with Crippen molar-refractivity contribution < 1.29 is 23.5 Å². The van der Waals surface area contributed by atoms with Crippen molar-refractivity contribution in [1.82, 2.24) is 4.98 Å². The molecule has 0 aliphatic heterocycles. The number of benzene rings is 2. The second kappa shape index (κ2) is 7.87. The molecule has 0 amide bonds. The monoisotopic (exact) mass is 405 g/mol. The Hall–Kier alpha value is -3.87. The van der Waals surface area contributed by atoms with E-state index in [9.17, 15) is 14.4 Å². The van der Waals surface area contributed by atoms with E-state index in [4.69, 9.17) is 13.9 Å². The molecule has 4 rings (SSSR count). The molecular weight excluding hydrogens is 386 g/mol. The Morgan fingerprint density at radius 2 is 1.77 bits per heavy atom. The van der Waals surface area contributed by atoms with Gasteiger partial charge in [-0.05, 0) is 24.3 Å². The van der Waals surface area contributed by atoms with Gasteiger partial charge in [-0.3, -0.25) is 9.59 Å². The number of nitrogens with one attached hydrogen (secondary N) is 1. The summed E-state index contributed by atoms with van der Waals surface area (Å²) in [4.78, 5) is 38.6. The fourth-order valence-corrected chi connectivity index (χ4v) is 3.39. The van der Waals surface area contributed by atoms with Crippen LogP contribution in [-0.2, 0) is 16.0 Å². The van der Waals surface area contributed by atoms with Crippen LogP contribution in [0.25, 0.3) is 21.9 Å². The van der Waals surface area contributed by atoms with Gasteiger partial charge in [-0.1, -0.05) is 25.1 Å². The van der Waals surface area contributed by atoms with E-state index >= 15 is 0 Å². The van der Waals surface area contributed by atoms with Gasteiger partial charge < -0.3 is 18.9 Å². The highest BCUT2D eigenvalue weighted by atomic mass is 16.5. The summed E-state index contributed by atoms with van der Waals surface area (Å²) in [6.45, 7) is 3.01. The third kappa shape index (κ3) is 3.69. The van der Waals surface area contributed by atoms with Crippen LogP contribution in [0.2, 0.25) is 0 Å². The average molecular weight is 405 g/mol. The lowest BCUT2D eigenvalue weighted by Crippen LogP contribution is -2.09. The Kier molecular flexibility index (Phi) is 5.10. The minimum Gasteiger partial charge on any atom is -0.426 e. The molecule has 0 unspecified atom stereocenters. The van der Waals surface area contributed by atoms with Crippen molar-refractivity contribution >= 4 is 33.8 Å². The van der Waals surface area contributed by atoms with Gasteiger partial charge in [-0.25, -0.2) is 4.79 Å². The van der Waals surface area contributed by atoms with E-state index in [1.165, 1.54) is 13.0 Å². The number of carbonyl (C=O) groups is 2. The second-order valence-electron chi connectivity index (χ2n) is 6.79. The topological polar surface area (TPSA) is 98.6 Å². The number of hydrogen-bond donors (Lipinski definition) is 1. The van der Waals surface area contributed by atoms with Crippen LogP contribution in [0.3, 0.4) is 0 Å². The molecule has 7 heteroatoms. The predicted octanol–water partition coefficient (Wildman–Crippen LogP) is 4.11. The Morgan fingerprint density at radius 1 is 1.00 bits per heavy atom. The molecule has 0 spiro atoms. The van der Waals surface area contributed by atoms with E-state index in [0.29, 0.717) is 28.0 Å². The molecule has 0 radical (unpaired) electrons. The maximum absolute atomic E-state index is 12.0. The first-order chi connectivity index (χ1) is 14.5. The first-order valence-corrected chi connectivity index (χ1v) is 9.50. The van der Waals surface area contributed by atoms with E-state index < -0.39 is 11.6 Å². The van der Waals surface area contributed by atoms with E-state index in [0.717, 1.165) is 10.9 Å². The Balaban J connectivity index is 1.94. The van der Waals surface area contributed by atoms with Gasteiger partial charge in [-0.2, -0.15) is 0 Å². The number of ether oxygens (including phenoxy) is 2. The summed E-state index contributed by atoms with van der Waals surface area (Å²) in [6.07, 6.45) is 0.430. The molecule has 0 saturated carbocycles. The van der Waals surface area contributed by atoms with Crippen molar-refractivity contribution in [2.75, 3.05) is 0 Å². The van der Waals surface area contributed by atoms with Gasteiger partial charge in [0.1, 0.15) is 11.3 Å². The lowest BCUT2D eigenvalue weighted by Gasteiger charge is -2.12. The zero-order valence-corrected chi connectivity index (χ0v) is 16.5. The zero-order valence-electron chi connectivity index (χ0n) is 16.5. The average Bonchev–Trinajstić information content (AvgIpc) is 3.06. The molecule has 0 saturated heterocycles. The first kappa shape index (κ1) is 19.4. The van der Waals surface area contributed by atoms with Gasteiger partial charge in [-0.15, -0.1) is 0 Å². The lowest BCUT2D eigenvalue weighted by molar-refractivity contribution is -0.134. The third-order valence-electron chi connectivity index (χ3n) is 4.74. The van der Waals surface area contributed by atoms with Crippen LogP contribution < -0.4 is 15.1 Å². The standard InChI is InChI=1S/C23H19NO6/c1-3-20(26)30-23-16(15-6-4-5-7-18(15)24-23)12-17-19(28-13(2)25)10-8-14-9-11-21(27)29-22(14)17/h4-11,24H,3,12H2,1-2H3. The number of aromatic nitrogens is 1. The molecule has 2 aromatic heterocycles. The molecule has 0 bridgehead atoms. The largest absolute Gasteiger partial charge is 0.426 e. The molecule has 0 aliphatic carbocycles. The molecule has 2 heterocycles. The van der Waals surface area contributed by atoms with Crippen LogP contribution in [0.1, 0.15) is 31.4 Å². The van der Waals surface area contributed by atoms with Crippen molar-refractivity contribution in [1.29, 1.82) is 0 Å². The first-order valence-electron chi connectivity index (χ1n) is 9.50. The molecule has 0 fully saturated rings. The van der Waals surface area contributed by atoms with E-state index in [1.807, 2.05) is 24.3 Å². The number of rotatable bonds is 5. The predicted molar refractivity (Wildman–Crippen MR) is 111 cm³/mol. The van der Waals surface area contributed by atoms with Crippen molar-refractivity contribution in [3.8, 4) is 11.6 Å².